The minimum Gasteiger partial charge on any atom is -0.606 e. The summed E-state index contributed by atoms with van der Waals surface area (Å²) in [4.78, 5) is 2.28. The normalized spacial score (nSPS) is 5.12. The van der Waals surface area contributed by atoms with Gasteiger partial charge in [0.1, 0.15) is 0 Å². The summed E-state index contributed by atoms with van der Waals surface area (Å²) in [6.07, 6.45) is 0. The van der Waals surface area contributed by atoms with Crippen molar-refractivity contribution in [3.05, 3.63) is 11.5 Å². The first-order valence-electron chi connectivity index (χ1n) is 1.49. The fourth-order valence-corrected chi connectivity index (χ4v) is 0.0865. The minimum atomic E-state index is -0.789. The smallest absolute Gasteiger partial charge is 0.606 e. The molecule has 0 aromatic carbocycles. The van der Waals surface area contributed by atoms with E-state index in [1.807, 2.05) is 0 Å². The molecule has 0 heterocycles. The third-order valence-electron chi connectivity index (χ3n) is 0.327. The van der Waals surface area contributed by atoms with Gasteiger partial charge in [-0.25, -0.2) is 0 Å². The molecule has 0 aliphatic heterocycles. The van der Waals surface area contributed by atoms with E-state index in [0.29, 0.717) is 0 Å². The largest absolute Gasteiger partial charge is 1.00 e. The Morgan fingerprint density at radius 1 is 1.88 bits per heavy atom. The Hall–Kier alpha value is -0.643. The SMILES string of the molecule is COC([O-])=C=[N+]=[N-].[Li+]. The minimum absolute atomic E-state index is 0. The maximum atomic E-state index is 9.82. The Morgan fingerprint density at radius 3 is 2.50 bits per heavy atom. The van der Waals surface area contributed by atoms with Crippen molar-refractivity contribution in [2.45, 2.75) is 0 Å². The predicted molar refractivity (Wildman–Crippen MR) is 19.1 cm³/mol. The van der Waals surface area contributed by atoms with Crippen LogP contribution in [0.5, 0.6) is 0 Å². The average Bonchev–Trinajstić information content (AvgIpc) is 1.68. The number of rotatable bonds is 1. The third-order valence-corrected chi connectivity index (χ3v) is 0.327. The summed E-state index contributed by atoms with van der Waals surface area (Å²) in [5.41, 5.74) is 7.58. The van der Waals surface area contributed by atoms with Crippen molar-refractivity contribution in [2.75, 3.05) is 7.11 Å². The van der Waals surface area contributed by atoms with E-state index in [1.165, 1.54) is 7.11 Å². The monoisotopic (exact) mass is 106 g/mol. The first kappa shape index (κ1) is 10.4. The van der Waals surface area contributed by atoms with Gasteiger partial charge in [0.2, 0.25) is 0 Å². The van der Waals surface area contributed by atoms with Crippen LogP contribution in [0.4, 0.5) is 0 Å². The Balaban J connectivity index is 0. The van der Waals surface area contributed by atoms with Crippen molar-refractivity contribution < 1.29 is 33.5 Å². The summed E-state index contributed by atoms with van der Waals surface area (Å²) in [6, 6.07) is 0. The van der Waals surface area contributed by atoms with Crippen LogP contribution in [-0.4, -0.2) is 17.8 Å². The van der Waals surface area contributed by atoms with Crippen molar-refractivity contribution in [3.63, 3.8) is 0 Å². The molecule has 4 nitrogen and oxygen atoms in total. The van der Waals surface area contributed by atoms with Crippen LogP contribution in [0.3, 0.4) is 0 Å². The van der Waals surface area contributed by atoms with E-state index < -0.39 is 5.95 Å². The molecule has 0 radical (unpaired) electrons. The molecule has 5 heteroatoms. The van der Waals surface area contributed by atoms with Crippen LogP contribution in [0.15, 0.2) is 5.95 Å². The Labute approximate surface area is 58.6 Å². The fourth-order valence-electron chi connectivity index (χ4n) is 0.0865. The number of methoxy groups -OCH3 is 1. The van der Waals surface area contributed by atoms with Crippen LogP contribution < -0.4 is 24.0 Å². The van der Waals surface area contributed by atoms with Crippen molar-refractivity contribution in [3.8, 4) is 0 Å². The zero-order valence-corrected chi connectivity index (χ0v) is 4.71. The molecule has 0 aromatic rings. The molecule has 0 aromatic heterocycles. The molecule has 38 valence electrons. The van der Waals surface area contributed by atoms with Gasteiger partial charge >= 0.3 is 24.7 Å². The first-order valence-corrected chi connectivity index (χ1v) is 1.49. The molecule has 0 N–H and O–H groups in total. The molecule has 0 saturated carbocycles. The van der Waals surface area contributed by atoms with E-state index in [9.17, 15) is 5.11 Å². The zero-order chi connectivity index (χ0) is 5.70. The number of hydrogen-bond donors (Lipinski definition) is 0. The summed E-state index contributed by atoms with van der Waals surface area (Å²) in [6.45, 7) is 0. The van der Waals surface area contributed by atoms with Crippen molar-refractivity contribution in [2.24, 2.45) is 0 Å². The van der Waals surface area contributed by atoms with Crippen LogP contribution in [0.1, 0.15) is 0 Å². The standard InChI is InChI=1S/C3H4N2O2.Li/c1-7-3(6)2-5-4;/h6H,1H3;/q;+1/p-1. The van der Waals surface area contributed by atoms with Crippen LogP contribution in [0.2, 0.25) is 0 Å². The second kappa shape index (κ2) is 6.36. The Kier molecular flexibility index (Phi) is 8.23. The van der Waals surface area contributed by atoms with Gasteiger partial charge in [-0.1, -0.05) is 0 Å². The second-order valence-electron chi connectivity index (χ2n) is 0.703. The van der Waals surface area contributed by atoms with Crippen LogP contribution in [0.25, 0.3) is 5.53 Å². The Bertz CT molecular complexity index is 134. The molecule has 0 aliphatic carbocycles. The third kappa shape index (κ3) is 5.36. The molecule has 0 amide bonds. The maximum Gasteiger partial charge on any atom is 1.00 e. The average molecular weight is 106 g/mol. The first-order chi connectivity index (χ1) is 3.31. The second-order valence-corrected chi connectivity index (χ2v) is 0.703. The molecule has 0 unspecified atom stereocenters. The van der Waals surface area contributed by atoms with Crippen LogP contribution in [0, 0.1) is 0 Å². The molecular formula is C3H3LiN2O2. The van der Waals surface area contributed by atoms with E-state index in [0.717, 1.165) is 0 Å². The molecule has 0 spiro atoms. The molecule has 0 atom stereocenters. The molecule has 0 saturated heterocycles. The van der Waals surface area contributed by atoms with Crippen LogP contribution in [-0.2, 0) is 4.74 Å². The van der Waals surface area contributed by atoms with E-state index >= 15 is 0 Å². The van der Waals surface area contributed by atoms with Gasteiger partial charge in [-0.3, -0.25) is 0 Å². The number of ether oxygens (including phenoxy) is 1. The van der Waals surface area contributed by atoms with Crippen molar-refractivity contribution in [1.29, 1.82) is 0 Å². The molecule has 0 bridgehead atoms. The van der Waals surface area contributed by atoms with Gasteiger partial charge in [-0.2, -0.15) is 0 Å². The van der Waals surface area contributed by atoms with Gasteiger partial charge in [-0.15, -0.1) is 4.79 Å². The summed E-state index contributed by atoms with van der Waals surface area (Å²) in [5.74, 6) is 0.825. The summed E-state index contributed by atoms with van der Waals surface area (Å²) in [5, 5.41) is 9.82. The van der Waals surface area contributed by atoms with E-state index in [2.05, 4.69) is 9.53 Å². The predicted octanol–water partition coefficient (Wildman–Crippen LogP) is -4.26. The molecule has 8 heavy (non-hydrogen) atoms. The van der Waals surface area contributed by atoms with E-state index in [4.69, 9.17) is 5.53 Å². The van der Waals surface area contributed by atoms with E-state index in [-0.39, 0.29) is 18.9 Å². The summed E-state index contributed by atoms with van der Waals surface area (Å²) >= 11 is 0. The van der Waals surface area contributed by atoms with Gasteiger partial charge in [0.15, 0.2) is 5.95 Å². The van der Waals surface area contributed by atoms with E-state index in [1.54, 1.807) is 5.87 Å². The Morgan fingerprint density at radius 2 is 2.38 bits per heavy atom. The fraction of sp³-hybridized carbons (Fsp3) is 0.333. The van der Waals surface area contributed by atoms with Gasteiger partial charge in [-0.05, 0) is 7.11 Å². The number of hydrogen-bond acceptors (Lipinski definition) is 2. The maximum absolute atomic E-state index is 9.82. The molecular weight excluding hydrogens is 103 g/mol. The molecule has 0 fully saturated rings. The number of nitrogens with zero attached hydrogens (tertiary/aromatic N) is 2. The van der Waals surface area contributed by atoms with Gasteiger partial charge < -0.3 is 15.4 Å². The van der Waals surface area contributed by atoms with Crippen molar-refractivity contribution >= 4 is 5.87 Å². The van der Waals surface area contributed by atoms with Crippen LogP contribution >= 0.6 is 0 Å². The molecule has 0 aliphatic rings. The summed E-state index contributed by atoms with van der Waals surface area (Å²) in [7, 11) is 1.17. The quantitative estimate of drug-likeness (QED) is 0.112. The van der Waals surface area contributed by atoms with Gasteiger partial charge in [0.05, 0.1) is 0 Å². The van der Waals surface area contributed by atoms with Gasteiger partial charge in [0, 0.05) is 0 Å². The summed E-state index contributed by atoms with van der Waals surface area (Å²) < 4.78 is 3.99. The van der Waals surface area contributed by atoms with Crippen molar-refractivity contribution in [1.82, 2.24) is 0 Å². The zero-order valence-electron chi connectivity index (χ0n) is 4.71. The topological polar surface area (TPSA) is 68.7 Å². The molecule has 0 rings (SSSR count). The van der Waals surface area contributed by atoms with Gasteiger partial charge in [0.25, 0.3) is 0 Å².